The minimum Gasteiger partial charge on any atom is -0.395 e. The van der Waals surface area contributed by atoms with Gasteiger partial charge in [0, 0.05) is 43.7 Å². The first-order valence-corrected chi connectivity index (χ1v) is 8.81. The molecule has 1 heterocycles. The zero-order valence-corrected chi connectivity index (χ0v) is 13.9. The first kappa shape index (κ1) is 17.2. The molecule has 2 aliphatic rings. The van der Waals surface area contributed by atoms with Gasteiger partial charge in [0.05, 0.1) is 13.2 Å². The maximum Gasteiger partial charge on any atom is 0.0558 e. The Bertz CT molecular complexity index is 285. The van der Waals surface area contributed by atoms with Crippen molar-refractivity contribution in [1.82, 2.24) is 10.2 Å². The number of rotatable bonds is 8. The van der Waals surface area contributed by atoms with Crippen LogP contribution in [0.5, 0.6) is 0 Å². The Morgan fingerprint density at radius 3 is 2.62 bits per heavy atom. The highest BCUT2D eigenvalue weighted by atomic mass is 16.5. The van der Waals surface area contributed by atoms with E-state index in [0.717, 1.165) is 39.3 Å². The van der Waals surface area contributed by atoms with Crippen LogP contribution in [0.25, 0.3) is 0 Å². The van der Waals surface area contributed by atoms with Gasteiger partial charge in [0.2, 0.25) is 0 Å². The number of ether oxygens (including phenoxy) is 1. The first-order chi connectivity index (χ1) is 10.2. The molecule has 1 aliphatic carbocycles. The van der Waals surface area contributed by atoms with Crippen LogP contribution in [0.2, 0.25) is 0 Å². The molecular formula is C17H34N2O2. The molecule has 1 unspecified atom stereocenters. The van der Waals surface area contributed by atoms with Crippen molar-refractivity contribution in [3.05, 3.63) is 0 Å². The van der Waals surface area contributed by atoms with E-state index in [1.165, 1.54) is 32.1 Å². The summed E-state index contributed by atoms with van der Waals surface area (Å²) in [5, 5.41) is 13.1. The Labute approximate surface area is 130 Å². The third-order valence-corrected chi connectivity index (χ3v) is 5.09. The average molecular weight is 298 g/mol. The van der Waals surface area contributed by atoms with Crippen molar-refractivity contribution in [1.29, 1.82) is 0 Å². The van der Waals surface area contributed by atoms with Gasteiger partial charge in [0.1, 0.15) is 0 Å². The minimum absolute atomic E-state index is 0.233. The van der Waals surface area contributed by atoms with Crippen molar-refractivity contribution >= 4 is 0 Å². The second-order valence-corrected chi connectivity index (χ2v) is 7.32. The fourth-order valence-corrected chi connectivity index (χ4v) is 3.79. The standard InChI is InChI=1S/C17H34N2O2/c1-15(2)18-12-17(8-11-21-14-17)13-19(9-10-20)16-6-4-3-5-7-16/h15-16,18,20H,3-14H2,1-2H3. The van der Waals surface area contributed by atoms with Crippen LogP contribution in [0.3, 0.4) is 0 Å². The van der Waals surface area contributed by atoms with Crippen LogP contribution < -0.4 is 5.32 Å². The van der Waals surface area contributed by atoms with Gasteiger partial charge in [-0.15, -0.1) is 0 Å². The van der Waals surface area contributed by atoms with Gasteiger partial charge < -0.3 is 15.2 Å². The highest BCUT2D eigenvalue weighted by Gasteiger charge is 2.38. The Morgan fingerprint density at radius 2 is 2.05 bits per heavy atom. The molecule has 124 valence electrons. The van der Waals surface area contributed by atoms with Crippen molar-refractivity contribution in [2.45, 2.75) is 64.5 Å². The predicted octanol–water partition coefficient (Wildman–Crippen LogP) is 2.02. The van der Waals surface area contributed by atoms with Gasteiger partial charge in [-0.05, 0) is 19.3 Å². The molecule has 0 spiro atoms. The van der Waals surface area contributed by atoms with Crippen LogP contribution in [-0.4, -0.2) is 61.5 Å². The van der Waals surface area contributed by atoms with E-state index in [1.54, 1.807) is 0 Å². The molecule has 1 saturated carbocycles. The lowest BCUT2D eigenvalue weighted by molar-refractivity contribution is 0.0576. The van der Waals surface area contributed by atoms with E-state index < -0.39 is 0 Å². The Hall–Kier alpha value is -0.160. The SMILES string of the molecule is CC(C)NCC1(CN(CCO)C2CCCCC2)CCOC1. The lowest BCUT2D eigenvalue weighted by Gasteiger charge is -2.40. The van der Waals surface area contributed by atoms with Crippen molar-refractivity contribution < 1.29 is 9.84 Å². The maximum atomic E-state index is 9.45. The fraction of sp³-hybridized carbons (Fsp3) is 1.00. The molecule has 4 nitrogen and oxygen atoms in total. The molecule has 2 N–H and O–H groups in total. The molecule has 1 aliphatic heterocycles. The largest absolute Gasteiger partial charge is 0.395 e. The summed E-state index contributed by atoms with van der Waals surface area (Å²) in [7, 11) is 0. The summed E-state index contributed by atoms with van der Waals surface area (Å²) in [6.45, 7) is 9.33. The average Bonchev–Trinajstić information content (AvgIpc) is 2.95. The van der Waals surface area contributed by atoms with Crippen LogP contribution >= 0.6 is 0 Å². The van der Waals surface area contributed by atoms with Gasteiger partial charge in [-0.25, -0.2) is 0 Å². The smallest absolute Gasteiger partial charge is 0.0558 e. The summed E-state index contributed by atoms with van der Waals surface area (Å²) in [5.41, 5.74) is 0.233. The molecule has 0 bridgehead atoms. The van der Waals surface area contributed by atoms with Crippen molar-refractivity contribution in [2.75, 3.05) is 39.5 Å². The molecule has 0 aromatic heterocycles. The number of aliphatic hydroxyl groups is 1. The quantitative estimate of drug-likeness (QED) is 0.719. The van der Waals surface area contributed by atoms with Crippen LogP contribution in [0.1, 0.15) is 52.4 Å². The van der Waals surface area contributed by atoms with Crippen LogP contribution in [-0.2, 0) is 4.74 Å². The van der Waals surface area contributed by atoms with E-state index in [1.807, 2.05) is 0 Å². The second kappa shape index (κ2) is 8.47. The van der Waals surface area contributed by atoms with Crippen molar-refractivity contribution in [2.24, 2.45) is 5.41 Å². The van der Waals surface area contributed by atoms with E-state index in [9.17, 15) is 5.11 Å². The van der Waals surface area contributed by atoms with E-state index in [4.69, 9.17) is 4.74 Å². The van der Waals surface area contributed by atoms with E-state index in [2.05, 4.69) is 24.1 Å². The van der Waals surface area contributed by atoms with Crippen molar-refractivity contribution in [3.63, 3.8) is 0 Å². The van der Waals surface area contributed by atoms with Gasteiger partial charge in [-0.1, -0.05) is 33.1 Å². The van der Waals surface area contributed by atoms with E-state index in [0.29, 0.717) is 12.1 Å². The Morgan fingerprint density at radius 1 is 1.29 bits per heavy atom. The van der Waals surface area contributed by atoms with Gasteiger partial charge in [-0.2, -0.15) is 0 Å². The van der Waals surface area contributed by atoms with E-state index >= 15 is 0 Å². The number of nitrogens with one attached hydrogen (secondary N) is 1. The monoisotopic (exact) mass is 298 g/mol. The van der Waals surface area contributed by atoms with Gasteiger partial charge in [-0.3, -0.25) is 4.90 Å². The summed E-state index contributed by atoms with van der Waals surface area (Å²) in [6.07, 6.45) is 7.82. The topological polar surface area (TPSA) is 44.7 Å². The second-order valence-electron chi connectivity index (χ2n) is 7.32. The molecule has 0 aromatic rings. The lowest BCUT2D eigenvalue weighted by atomic mass is 9.84. The normalized spacial score (nSPS) is 27.9. The van der Waals surface area contributed by atoms with Crippen molar-refractivity contribution in [3.8, 4) is 0 Å². The highest BCUT2D eigenvalue weighted by molar-refractivity contribution is 4.91. The van der Waals surface area contributed by atoms with Gasteiger partial charge in [0.15, 0.2) is 0 Å². The zero-order valence-electron chi connectivity index (χ0n) is 13.9. The van der Waals surface area contributed by atoms with Crippen LogP contribution in [0.4, 0.5) is 0 Å². The third-order valence-electron chi connectivity index (χ3n) is 5.09. The summed E-state index contributed by atoms with van der Waals surface area (Å²) < 4.78 is 5.73. The van der Waals surface area contributed by atoms with Crippen LogP contribution in [0, 0.1) is 5.41 Å². The van der Waals surface area contributed by atoms with E-state index in [-0.39, 0.29) is 12.0 Å². The molecule has 4 heteroatoms. The van der Waals surface area contributed by atoms with Gasteiger partial charge >= 0.3 is 0 Å². The molecule has 2 fully saturated rings. The molecule has 0 radical (unpaired) electrons. The number of nitrogens with zero attached hydrogens (tertiary/aromatic N) is 1. The zero-order chi connectivity index (χ0) is 15.1. The van der Waals surface area contributed by atoms with Gasteiger partial charge in [0.25, 0.3) is 0 Å². The number of hydrogen-bond acceptors (Lipinski definition) is 4. The predicted molar refractivity (Wildman–Crippen MR) is 86.5 cm³/mol. The molecule has 0 amide bonds. The Balaban J connectivity index is 1.97. The summed E-state index contributed by atoms with van der Waals surface area (Å²) in [5.74, 6) is 0. The number of aliphatic hydroxyl groups excluding tert-OH is 1. The highest BCUT2D eigenvalue weighted by Crippen LogP contribution is 2.32. The molecular weight excluding hydrogens is 264 g/mol. The number of hydrogen-bond donors (Lipinski definition) is 2. The lowest BCUT2D eigenvalue weighted by Crippen LogP contribution is -2.50. The fourth-order valence-electron chi connectivity index (χ4n) is 3.79. The summed E-state index contributed by atoms with van der Waals surface area (Å²) >= 11 is 0. The molecule has 1 atom stereocenters. The minimum atomic E-state index is 0.233. The molecule has 21 heavy (non-hydrogen) atoms. The Kier molecular flexibility index (Phi) is 6.93. The first-order valence-electron chi connectivity index (χ1n) is 8.81. The molecule has 2 rings (SSSR count). The third kappa shape index (κ3) is 5.20. The molecule has 1 saturated heterocycles. The molecule has 0 aromatic carbocycles. The maximum absolute atomic E-state index is 9.45. The van der Waals surface area contributed by atoms with Crippen LogP contribution in [0.15, 0.2) is 0 Å². The summed E-state index contributed by atoms with van der Waals surface area (Å²) in [4.78, 5) is 2.55. The summed E-state index contributed by atoms with van der Waals surface area (Å²) in [6, 6.07) is 1.19.